The summed E-state index contributed by atoms with van der Waals surface area (Å²) >= 11 is 6.83. The third-order valence-corrected chi connectivity index (χ3v) is 8.37. The summed E-state index contributed by atoms with van der Waals surface area (Å²) in [6.07, 6.45) is 2.47. The van der Waals surface area contributed by atoms with E-state index in [9.17, 15) is 24.6 Å². The minimum Gasteiger partial charge on any atom is -0.478 e. The van der Waals surface area contributed by atoms with E-state index in [1.807, 2.05) is 30.3 Å². The van der Waals surface area contributed by atoms with Crippen molar-refractivity contribution in [2.75, 3.05) is 26.7 Å². The molecule has 2 unspecified atom stereocenters. The summed E-state index contributed by atoms with van der Waals surface area (Å²) in [5, 5.41) is 25.1. The standard InChI is InChI=1S/C33H37ClN2O6/c1-3-22-8-4-9-25(20-22)29-27(11-5-12-28(29)34)33(41,17-7-18-35-32(40)42-2)26-10-6-19-36(21-26)30(37)23-13-15-24(16-14-23)31(38)39/h4-5,8-9,11-16,20,26,41H,3,6-7,10,17-19,21H2,1-2H3,(H,35,40)(H,38,39). The summed E-state index contributed by atoms with van der Waals surface area (Å²) in [6, 6.07) is 19.5. The number of aryl methyl sites for hydroxylation is 1. The molecular formula is C33H37ClN2O6. The number of halogens is 1. The van der Waals surface area contributed by atoms with E-state index in [2.05, 4.69) is 24.4 Å². The molecular weight excluding hydrogens is 556 g/mol. The van der Waals surface area contributed by atoms with Crippen molar-refractivity contribution >= 4 is 29.6 Å². The number of amides is 2. The zero-order valence-electron chi connectivity index (χ0n) is 23.9. The lowest BCUT2D eigenvalue weighted by Crippen LogP contribution is -2.48. The predicted molar refractivity (Wildman–Crippen MR) is 162 cm³/mol. The van der Waals surface area contributed by atoms with Gasteiger partial charge in [-0.05, 0) is 79.1 Å². The number of methoxy groups -OCH3 is 1. The second kappa shape index (κ2) is 13.9. The molecule has 222 valence electrons. The van der Waals surface area contributed by atoms with Crippen LogP contribution >= 0.6 is 11.6 Å². The lowest BCUT2D eigenvalue weighted by Gasteiger charge is -2.44. The minimum absolute atomic E-state index is 0.110. The number of alkyl carbamates (subject to hydrolysis) is 1. The molecule has 0 spiro atoms. The molecule has 2 amide bonds. The Hall–Kier alpha value is -3.88. The zero-order valence-corrected chi connectivity index (χ0v) is 24.7. The highest BCUT2D eigenvalue weighted by molar-refractivity contribution is 6.33. The van der Waals surface area contributed by atoms with Gasteiger partial charge in [-0.25, -0.2) is 9.59 Å². The van der Waals surface area contributed by atoms with Crippen LogP contribution in [0.15, 0.2) is 66.7 Å². The number of hydrogen-bond donors (Lipinski definition) is 3. The molecule has 1 saturated heterocycles. The second-order valence-electron chi connectivity index (χ2n) is 10.6. The van der Waals surface area contributed by atoms with Gasteiger partial charge in [0.1, 0.15) is 0 Å². The molecule has 3 N–H and O–H groups in total. The van der Waals surface area contributed by atoms with Gasteiger partial charge in [-0.2, -0.15) is 0 Å². The van der Waals surface area contributed by atoms with Crippen LogP contribution in [0, 0.1) is 5.92 Å². The fraction of sp³-hybridized carbons (Fsp3) is 0.364. The number of carboxylic acids is 1. The quantitative estimate of drug-likeness (QED) is 0.243. The van der Waals surface area contributed by atoms with Gasteiger partial charge in [0.05, 0.1) is 18.3 Å². The predicted octanol–water partition coefficient (Wildman–Crippen LogP) is 6.14. The van der Waals surface area contributed by atoms with Gasteiger partial charge in [-0.15, -0.1) is 0 Å². The highest BCUT2D eigenvalue weighted by Crippen LogP contribution is 2.45. The molecule has 9 heteroatoms. The first-order chi connectivity index (χ1) is 20.2. The molecule has 0 bridgehead atoms. The molecule has 1 heterocycles. The van der Waals surface area contributed by atoms with Crippen LogP contribution in [0.25, 0.3) is 11.1 Å². The molecule has 8 nitrogen and oxygen atoms in total. The van der Waals surface area contributed by atoms with Crippen molar-refractivity contribution in [3.8, 4) is 11.1 Å². The molecule has 0 aliphatic carbocycles. The average Bonchev–Trinajstić information content (AvgIpc) is 3.02. The van der Waals surface area contributed by atoms with Crippen molar-refractivity contribution in [3.63, 3.8) is 0 Å². The summed E-state index contributed by atoms with van der Waals surface area (Å²) in [5.74, 6) is -1.59. The van der Waals surface area contributed by atoms with Crippen LogP contribution in [0.5, 0.6) is 0 Å². The van der Waals surface area contributed by atoms with Crippen molar-refractivity contribution in [1.29, 1.82) is 0 Å². The van der Waals surface area contributed by atoms with E-state index >= 15 is 0 Å². The largest absolute Gasteiger partial charge is 0.478 e. The Bertz CT molecular complexity index is 1430. The number of carbonyl (C=O) groups excluding carboxylic acids is 2. The third-order valence-electron chi connectivity index (χ3n) is 8.06. The first-order valence-electron chi connectivity index (χ1n) is 14.2. The molecule has 1 aliphatic heterocycles. The Balaban J connectivity index is 1.70. The van der Waals surface area contributed by atoms with Gasteiger partial charge in [0, 0.05) is 41.7 Å². The van der Waals surface area contributed by atoms with Gasteiger partial charge in [-0.3, -0.25) is 4.79 Å². The van der Waals surface area contributed by atoms with E-state index in [0.717, 1.165) is 23.1 Å². The number of ether oxygens (including phenoxy) is 1. The Kier molecular flexibility index (Phi) is 10.2. The molecule has 42 heavy (non-hydrogen) atoms. The maximum Gasteiger partial charge on any atom is 0.406 e. The second-order valence-corrected chi connectivity index (χ2v) is 11.0. The van der Waals surface area contributed by atoms with Gasteiger partial charge in [0.15, 0.2) is 0 Å². The van der Waals surface area contributed by atoms with E-state index in [-0.39, 0.29) is 17.4 Å². The maximum absolute atomic E-state index is 13.5. The summed E-state index contributed by atoms with van der Waals surface area (Å²) in [7, 11) is 1.30. The molecule has 0 aromatic heterocycles. The molecule has 2 atom stereocenters. The molecule has 4 rings (SSSR count). The Labute approximate surface area is 251 Å². The molecule has 1 aliphatic rings. The lowest BCUT2D eigenvalue weighted by molar-refractivity contribution is -0.0563. The van der Waals surface area contributed by atoms with Gasteiger partial charge in [0.25, 0.3) is 5.91 Å². The number of nitrogens with zero attached hydrogens (tertiary/aromatic N) is 1. The van der Waals surface area contributed by atoms with Crippen molar-refractivity contribution < 1.29 is 29.3 Å². The van der Waals surface area contributed by atoms with Gasteiger partial charge in [-0.1, -0.05) is 54.9 Å². The maximum atomic E-state index is 13.5. The van der Waals surface area contributed by atoms with E-state index in [1.165, 1.54) is 31.4 Å². The normalized spacial score (nSPS) is 16.4. The van der Waals surface area contributed by atoms with Gasteiger partial charge < -0.3 is 25.2 Å². The van der Waals surface area contributed by atoms with E-state index < -0.39 is 17.7 Å². The smallest absolute Gasteiger partial charge is 0.406 e. The number of aliphatic hydroxyl groups is 1. The number of carboxylic acid groups (broad SMARTS) is 1. The summed E-state index contributed by atoms with van der Waals surface area (Å²) < 4.78 is 4.69. The number of rotatable bonds is 10. The molecule has 0 radical (unpaired) electrons. The summed E-state index contributed by atoms with van der Waals surface area (Å²) in [5.41, 5.74) is 2.63. The third kappa shape index (κ3) is 6.94. The van der Waals surface area contributed by atoms with E-state index in [1.54, 1.807) is 4.90 Å². The summed E-state index contributed by atoms with van der Waals surface area (Å²) in [6.45, 7) is 3.22. The number of benzene rings is 3. The fourth-order valence-corrected chi connectivity index (χ4v) is 6.08. The molecule has 3 aromatic carbocycles. The number of aromatic carboxylic acids is 1. The highest BCUT2D eigenvalue weighted by atomic mass is 35.5. The number of likely N-dealkylation sites (tertiary alicyclic amines) is 1. The van der Waals surface area contributed by atoms with Crippen LogP contribution in [0.3, 0.4) is 0 Å². The molecule has 1 fully saturated rings. The summed E-state index contributed by atoms with van der Waals surface area (Å²) in [4.78, 5) is 38.1. The van der Waals surface area contributed by atoms with Crippen molar-refractivity contribution in [2.45, 2.75) is 44.6 Å². The average molecular weight is 593 g/mol. The van der Waals surface area contributed by atoms with E-state index in [4.69, 9.17) is 16.3 Å². The van der Waals surface area contributed by atoms with Gasteiger partial charge >= 0.3 is 12.1 Å². The van der Waals surface area contributed by atoms with Crippen LogP contribution in [-0.4, -0.2) is 59.8 Å². The number of hydrogen-bond acceptors (Lipinski definition) is 5. The number of piperidine rings is 1. The SMILES string of the molecule is CCc1cccc(-c2c(Cl)cccc2C(O)(CCCNC(=O)OC)C2CCCN(C(=O)c3ccc(C(=O)O)cc3)C2)c1. The van der Waals surface area contributed by atoms with Crippen molar-refractivity contribution in [1.82, 2.24) is 10.2 Å². The minimum atomic E-state index is -1.37. The topological polar surface area (TPSA) is 116 Å². The van der Waals surface area contributed by atoms with Crippen molar-refractivity contribution in [3.05, 3.63) is 94.0 Å². The first-order valence-corrected chi connectivity index (χ1v) is 14.6. The van der Waals surface area contributed by atoms with Gasteiger partial charge in [0.2, 0.25) is 0 Å². The molecule has 0 saturated carbocycles. The monoisotopic (exact) mass is 592 g/mol. The van der Waals surface area contributed by atoms with Crippen molar-refractivity contribution in [2.24, 2.45) is 5.92 Å². The van der Waals surface area contributed by atoms with Crippen LogP contribution in [-0.2, 0) is 16.8 Å². The Morgan fingerprint density at radius 2 is 1.79 bits per heavy atom. The van der Waals surface area contributed by atoms with Crippen LogP contribution in [0.1, 0.15) is 64.4 Å². The van der Waals surface area contributed by atoms with Crippen LogP contribution < -0.4 is 5.32 Å². The van der Waals surface area contributed by atoms with Crippen LogP contribution in [0.2, 0.25) is 5.02 Å². The highest BCUT2D eigenvalue weighted by Gasteiger charge is 2.43. The number of carbonyl (C=O) groups is 3. The molecule has 3 aromatic rings. The Morgan fingerprint density at radius 3 is 2.48 bits per heavy atom. The first kappa shape index (κ1) is 31.1. The van der Waals surface area contributed by atoms with E-state index in [0.29, 0.717) is 61.5 Å². The lowest BCUT2D eigenvalue weighted by atomic mass is 9.72. The zero-order chi connectivity index (χ0) is 30.3. The Morgan fingerprint density at radius 1 is 1.07 bits per heavy atom. The number of nitrogens with one attached hydrogen (secondary N) is 1. The fourth-order valence-electron chi connectivity index (χ4n) is 5.79. The van der Waals surface area contributed by atoms with Crippen LogP contribution in [0.4, 0.5) is 4.79 Å².